The smallest absolute Gasteiger partial charge is 0.0359 e. The highest BCUT2D eigenvalue weighted by Gasteiger charge is 2.46. The summed E-state index contributed by atoms with van der Waals surface area (Å²) in [6.07, 6.45) is 10.8. The maximum atomic E-state index is 6.25. The van der Waals surface area contributed by atoms with Crippen molar-refractivity contribution in [1.29, 1.82) is 0 Å². The van der Waals surface area contributed by atoms with Crippen LogP contribution in [0.3, 0.4) is 0 Å². The Morgan fingerprint density at radius 2 is 1.74 bits per heavy atom. The van der Waals surface area contributed by atoms with Gasteiger partial charge in [-0.25, -0.2) is 0 Å². The van der Waals surface area contributed by atoms with Gasteiger partial charge in [-0.1, -0.05) is 33.6 Å². The van der Waals surface area contributed by atoms with Gasteiger partial charge in [0, 0.05) is 18.1 Å². The molecule has 2 unspecified atom stereocenters. The monoisotopic (exact) mass is 266 g/mol. The van der Waals surface area contributed by atoms with Crippen LogP contribution in [-0.2, 0) is 0 Å². The van der Waals surface area contributed by atoms with Crippen LogP contribution in [0.1, 0.15) is 72.1 Å². The molecule has 2 saturated carbocycles. The van der Waals surface area contributed by atoms with E-state index in [2.05, 4.69) is 32.7 Å². The predicted octanol–water partition coefficient (Wildman–Crippen LogP) is 3.79. The van der Waals surface area contributed by atoms with E-state index in [1.807, 2.05) is 0 Å². The largest absolute Gasteiger partial charge is 0.329 e. The van der Waals surface area contributed by atoms with Crippen molar-refractivity contribution in [3.05, 3.63) is 0 Å². The van der Waals surface area contributed by atoms with Crippen LogP contribution in [0.4, 0.5) is 0 Å². The Morgan fingerprint density at radius 3 is 2.26 bits per heavy atom. The summed E-state index contributed by atoms with van der Waals surface area (Å²) in [6.45, 7) is 8.04. The summed E-state index contributed by atoms with van der Waals surface area (Å²) >= 11 is 0. The van der Waals surface area contributed by atoms with Crippen LogP contribution < -0.4 is 5.73 Å². The molecule has 2 nitrogen and oxygen atoms in total. The lowest BCUT2D eigenvalue weighted by Gasteiger charge is -2.49. The second kappa shape index (κ2) is 5.73. The fourth-order valence-corrected chi connectivity index (χ4v) is 4.72. The summed E-state index contributed by atoms with van der Waals surface area (Å²) in [5.41, 5.74) is 7.12. The average molecular weight is 266 g/mol. The third-order valence-electron chi connectivity index (χ3n) is 6.33. The molecule has 2 N–H and O–H groups in total. The molecule has 0 aromatic rings. The Balaban J connectivity index is 2.07. The summed E-state index contributed by atoms with van der Waals surface area (Å²) < 4.78 is 0. The predicted molar refractivity (Wildman–Crippen MR) is 83.2 cm³/mol. The Bertz CT molecular complexity index is 290. The van der Waals surface area contributed by atoms with Gasteiger partial charge >= 0.3 is 0 Å². The van der Waals surface area contributed by atoms with Crippen LogP contribution in [0.15, 0.2) is 0 Å². The minimum atomic E-state index is 0.306. The lowest BCUT2D eigenvalue weighted by Crippen LogP contribution is -2.58. The topological polar surface area (TPSA) is 29.3 Å². The number of rotatable bonds is 4. The van der Waals surface area contributed by atoms with Gasteiger partial charge in [-0.05, 0) is 56.9 Å². The van der Waals surface area contributed by atoms with E-state index in [1.54, 1.807) is 0 Å². The van der Waals surface area contributed by atoms with Crippen LogP contribution in [0.2, 0.25) is 0 Å². The van der Waals surface area contributed by atoms with Crippen LogP contribution >= 0.6 is 0 Å². The maximum absolute atomic E-state index is 6.25. The molecule has 0 aliphatic heterocycles. The molecular formula is C17H34N2. The quantitative estimate of drug-likeness (QED) is 0.838. The molecule has 2 atom stereocenters. The fourth-order valence-electron chi connectivity index (χ4n) is 4.72. The van der Waals surface area contributed by atoms with Gasteiger partial charge in [0.25, 0.3) is 0 Å². The summed E-state index contributed by atoms with van der Waals surface area (Å²) in [6, 6.07) is 0.767. The minimum Gasteiger partial charge on any atom is -0.329 e. The van der Waals surface area contributed by atoms with E-state index in [0.29, 0.717) is 11.0 Å². The molecule has 2 fully saturated rings. The molecule has 19 heavy (non-hydrogen) atoms. The Morgan fingerprint density at radius 1 is 1.11 bits per heavy atom. The summed E-state index contributed by atoms with van der Waals surface area (Å²) in [7, 11) is 2.36. The SMILES string of the molecule is CCC1CCCC1(CN)N(C)C1CCC(C)(C)CC1. The van der Waals surface area contributed by atoms with Gasteiger partial charge in [0.05, 0.1) is 0 Å². The first-order valence-corrected chi connectivity index (χ1v) is 8.38. The van der Waals surface area contributed by atoms with Crippen LogP contribution in [0.25, 0.3) is 0 Å². The highest BCUT2D eigenvalue weighted by molar-refractivity contribution is 5.03. The molecule has 2 heteroatoms. The summed E-state index contributed by atoms with van der Waals surface area (Å²) in [5, 5.41) is 0. The van der Waals surface area contributed by atoms with E-state index in [4.69, 9.17) is 5.73 Å². The van der Waals surface area contributed by atoms with Crippen molar-refractivity contribution < 1.29 is 0 Å². The van der Waals surface area contributed by atoms with Gasteiger partial charge in [0.2, 0.25) is 0 Å². The standard InChI is InChI=1S/C17H34N2/c1-5-14-7-6-10-17(14,13-18)19(4)15-8-11-16(2,3)12-9-15/h14-15H,5-13,18H2,1-4H3. The molecule has 2 rings (SSSR count). The molecule has 2 aliphatic rings. The van der Waals surface area contributed by atoms with Crippen molar-refractivity contribution in [1.82, 2.24) is 4.90 Å². The van der Waals surface area contributed by atoms with Crippen LogP contribution in [-0.4, -0.2) is 30.1 Å². The molecule has 0 spiro atoms. The minimum absolute atomic E-state index is 0.306. The number of nitrogens with zero attached hydrogens (tertiary/aromatic N) is 1. The van der Waals surface area contributed by atoms with Gasteiger partial charge in [0.15, 0.2) is 0 Å². The van der Waals surface area contributed by atoms with Crippen LogP contribution in [0.5, 0.6) is 0 Å². The molecule has 0 heterocycles. The summed E-state index contributed by atoms with van der Waals surface area (Å²) in [4.78, 5) is 2.71. The zero-order valence-corrected chi connectivity index (χ0v) is 13.5. The van der Waals surface area contributed by atoms with Crippen LogP contribution in [0, 0.1) is 11.3 Å². The lowest BCUT2D eigenvalue weighted by molar-refractivity contribution is 0.0114. The first-order chi connectivity index (χ1) is 8.95. The maximum Gasteiger partial charge on any atom is 0.0359 e. The van der Waals surface area contributed by atoms with E-state index in [-0.39, 0.29) is 0 Å². The zero-order chi connectivity index (χ0) is 14.1. The average Bonchev–Trinajstić information content (AvgIpc) is 2.82. The first-order valence-electron chi connectivity index (χ1n) is 8.38. The second-order valence-corrected chi connectivity index (χ2v) is 7.81. The Hall–Kier alpha value is -0.0800. The zero-order valence-electron chi connectivity index (χ0n) is 13.5. The number of nitrogens with two attached hydrogens (primary N) is 1. The molecule has 0 amide bonds. The van der Waals surface area contributed by atoms with Gasteiger partial charge in [0.1, 0.15) is 0 Å². The van der Waals surface area contributed by atoms with E-state index in [0.717, 1.165) is 18.5 Å². The van der Waals surface area contributed by atoms with Crippen molar-refractivity contribution in [2.45, 2.75) is 83.7 Å². The van der Waals surface area contributed by atoms with E-state index >= 15 is 0 Å². The van der Waals surface area contributed by atoms with Crippen molar-refractivity contribution in [2.24, 2.45) is 17.1 Å². The molecule has 0 bridgehead atoms. The van der Waals surface area contributed by atoms with Crippen molar-refractivity contribution in [2.75, 3.05) is 13.6 Å². The molecule has 0 aromatic heterocycles. The van der Waals surface area contributed by atoms with E-state index in [9.17, 15) is 0 Å². The molecule has 0 radical (unpaired) electrons. The number of hydrogen-bond donors (Lipinski definition) is 1. The lowest BCUT2D eigenvalue weighted by atomic mass is 9.73. The van der Waals surface area contributed by atoms with E-state index in [1.165, 1.54) is 51.4 Å². The van der Waals surface area contributed by atoms with E-state index < -0.39 is 0 Å². The molecular weight excluding hydrogens is 232 g/mol. The van der Waals surface area contributed by atoms with Crippen molar-refractivity contribution in [3.63, 3.8) is 0 Å². The molecule has 2 aliphatic carbocycles. The molecule has 0 aromatic carbocycles. The van der Waals surface area contributed by atoms with Crippen molar-refractivity contribution >= 4 is 0 Å². The fraction of sp³-hybridized carbons (Fsp3) is 1.00. The van der Waals surface area contributed by atoms with Gasteiger partial charge in [-0.2, -0.15) is 0 Å². The Kier molecular flexibility index (Phi) is 4.62. The molecule has 0 saturated heterocycles. The first kappa shape index (κ1) is 15.3. The molecule has 112 valence electrons. The third-order valence-corrected chi connectivity index (χ3v) is 6.33. The Labute approximate surface area is 120 Å². The van der Waals surface area contributed by atoms with Gasteiger partial charge in [-0.15, -0.1) is 0 Å². The number of hydrogen-bond acceptors (Lipinski definition) is 2. The third kappa shape index (κ3) is 2.85. The van der Waals surface area contributed by atoms with Gasteiger partial charge in [-0.3, -0.25) is 4.90 Å². The highest BCUT2D eigenvalue weighted by Crippen LogP contribution is 2.45. The van der Waals surface area contributed by atoms with Gasteiger partial charge < -0.3 is 5.73 Å². The second-order valence-electron chi connectivity index (χ2n) is 7.81. The number of likely N-dealkylation sites (N-methyl/N-ethyl adjacent to an activating group) is 1. The summed E-state index contributed by atoms with van der Waals surface area (Å²) in [5.74, 6) is 0.817. The highest BCUT2D eigenvalue weighted by atomic mass is 15.2. The van der Waals surface area contributed by atoms with Crippen molar-refractivity contribution in [3.8, 4) is 0 Å². The normalized spacial score (nSPS) is 36.0.